The second kappa shape index (κ2) is 7.35. The van der Waals surface area contributed by atoms with Gasteiger partial charge in [-0.05, 0) is 55.8 Å². The number of hydrogen-bond donors (Lipinski definition) is 1. The molecule has 118 valence electrons. The van der Waals surface area contributed by atoms with Gasteiger partial charge < -0.3 is 9.47 Å². The quantitative estimate of drug-likeness (QED) is 0.811. The minimum absolute atomic E-state index is 0.0946. The molecule has 1 fully saturated rings. The molecule has 1 aromatic carbocycles. The van der Waals surface area contributed by atoms with Crippen LogP contribution in [0.3, 0.4) is 0 Å². The predicted molar refractivity (Wildman–Crippen MR) is 87.1 cm³/mol. The molecule has 0 aliphatic carbocycles. The number of carbonyl (C=O) groups is 2. The highest BCUT2D eigenvalue weighted by Crippen LogP contribution is 2.32. The third-order valence-corrected chi connectivity index (χ3v) is 3.92. The summed E-state index contributed by atoms with van der Waals surface area (Å²) in [6.45, 7) is 6.47. The van der Waals surface area contributed by atoms with Crippen molar-refractivity contribution < 1.29 is 19.1 Å². The lowest BCUT2D eigenvalue weighted by Crippen LogP contribution is -2.17. The molecule has 0 saturated carbocycles. The van der Waals surface area contributed by atoms with Gasteiger partial charge in [-0.3, -0.25) is 14.9 Å². The number of carbonyl (C=O) groups excluding carboxylic acids is 2. The van der Waals surface area contributed by atoms with Crippen LogP contribution >= 0.6 is 11.8 Å². The number of amides is 2. The van der Waals surface area contributed by atoms with Crippen LogP contribution in [-0.4, -0.2) is 23.9 Å². The third kappa shape index (κ3) is 4.04. The van der Waals surface area contributed by atoms with Gasteiger partial charge in [0.2, 0.25) is 0 Å². The Bertz CT molecular complexity index is 612. The number of nitrogens with one attached hydrogen (secondary N) is 1. The first-order valence-corrected chi connectivity index (χ1v) is 8.03. The van der Waals surface area contributed by atoms with E-state index in [-0.39, 0.29) is 17.3 Å². The Morgan fingerprint density at radius 3 is 2.64 bits per heavy atom. The van der Waals surface area contributed by atoms with Gasteiger partial charge in [0.15, 0.2) is 11.5 Å². The molecular weight excluding hydrogens is 302 g/mol. The summed E-state index contributed by atoms with van der Waals surface area (Å²) >= 11 is 0.896. The van der Waals surface area contributed by atoms with Crippen LogP contribution < -0.4 is 14.8 Å². The van der Waals surface area contributed by atoms with E-state index in [1.165, 1.54) is 0 Å². The van der Waals surface area contributed by atoms with E-state index in [2.05, 4.69) is 12.2 Å². The Balaban J connectivity index is 2.27. The second-order valence-electron chi connectivity index (χ2n) is 4.83. The Labute approximate surface area is 134 Å². The summed E-state index contributed by atoms with van der Waals surface area (Å²) in [6, 6.07) is 5.47. The molecule has 0 radical (unpaired) electrons. The first kappa shape index (κ1) is 16.4. The van der Waals surface area contributed by atoms with Gasteiger partial charge in [0, 0.05) is 0 Å². The fraction of sp³-hybridized carbons (Fsp3) is 0.375. The highest BCUT2D eigenvalue weighted by molar-refractivity contribution is 8.18. The topological polar surface area (TPSA) is 64.6 Å². The molecule has 6 heteroatoms. The lowest BCUT2D eigenvalue weighted by atomic mass is 10.1. The van der Waals surface area contributed by atoms with Crippen molar-refractivity contribution in [1.29, 1.82) is 0 Å². The van der Waals surface area contributed by atoms with Gasteiger partial charge in [-0.2, -0.15) is 0 Å². The van der Waals surface area contributed by atoms with Crippen LogP contribution in [0.25, 0.3) is 6.08 Å². The van der Waals surface area contributed by atoms with Crippen molar-refractivity contribution in [2.75, 3.05) is 6.61 Å². The Morgan fingerprint density at radius 1 is 1.27 bits per heavy atom. The minimum Gasteiger partial charge on any atom is -0.490 e. The molecule has 2 amide bonds. The van der Waals surface area contributed by atoms with E-state index in [0.29, 0.717) is 23.0 Å². The summed E-state index contributed by atoms with van der Waals surface area (Å²) in [5.74, 6) is 0.942. The summed E-state index contributed by atoms with van der Waals surface area (Å²) in [4.78, 5) is 23.1. The number of rotatable bonds is 6. The summed E-state index contributed by atoms with van der Waals surface area (Å²) in [5, 5.41) is 1.88. The van der Waals surface area contributed by atoms with Gasteiger partial charge in [0.05, 0.1) is 17.6 Å². The third-order valence-electron chi connectivity index (χ3n) is 3.11. The molecule has 1 aliphatic rings. The molecule has 1 heterocycles. The molecule has 1 aliphatic heterocycles. The average Bonchev–Trinajstić information content (AvgIpc) is 2.79. The van der Waals surface area contributed by atoms with Crippen molar-refractivity contribution >= 4 is 29.0 Å². The molecule has 0 bridgehead atoms. The van der Waals surface area contributed by atoms with E-state index in [4.69, 9.17) is 9.47 Å². The number of imide groups is 1. The van der Waals surface area contributed by atoms with Crippen molar-refractivity contribution in [3.63, 3.8) is 0 Å². The van der Waals surface area contributed by atoms with E-state index in [9.17, 15) is 9.59 Å². The number of benzene rings is 1. The maximum absolute atomic E-state index is 11.6. The smallest absolute Gasteiger partial charge is 0.290 e. The van der Waals surface area contributed by atoms with Gasteiger partial charge in [-0.1, -0.05) is 13.0 Å². The van der Waals surface area contributed by atoms with E-state index in [1.807, 2.05) is 32.0 Å². The van der Waals surface area contributed by atoms with Crippen molar-refractivity contribution in [1.82, 2.24) is 5.32 Å². The molecule has 2 rings (SSSR count). The van der Waals surface area contributed by atoms with Crippen LogP contribution in [0.1, 0.15) is 32.8 Å². The van der Waals surface area contributed by atoms with E-state index in [0.717, 1.165) is 23.7 Å². The predicted octanol–water partition coefficient (Wildman–Crippen LogP) is 3.59. The van der Waals surface area contributed by atoms with Gasteiger partial charge in [0.1, 0.15) is 0 Å². The second-order valence-corrected chi connectivity index (χ2v) is 5.84. The lowest BCUT2D eigenvalue weighted by molar-refractivity contribution is -0.115. The fourth-order valence-electron chi connectivity index (χ4n) is 1.85. The van der Waals surface area contributed by atoms with Crippen LogP contribution in [0.15, 0.2) is 23.1 Å². The van der Waals surface area contributed by atoms with Crippen LogP contribution in [0.4, 0.5) is 4.79 Å². The van der Waals surface area contributed by atoms with Crippen LogP contribution in [0.2, 0.25) is 0 Å². The zero-order chi connectivity index (χ0) is 16.1. The Kier molecular flexibility index (Phi) is 5.49. The molecule has 1 N–H and O–H groups in total. The molecule has 5 nitrogen and oxygen atoms in total. The van der Waals surface area contributed by atoms with Crippen molar-refractivity contribution in [2.45, 2.75) is 33.3 Å². The van der Waals surface area contributed by atoms with Crippen molar-refractivity contribution in [3.05, 3.63) is 28.7 Å². The number of thioether (sulfide) groups is 1. The zero-order valence-electron chi connectivity index (χ0n) is 12.8. The first-order valence-electron chi connectivity index (χ1n) is 7.21. The normalized spacial score (nSPS) is 17.5. The Morgan fingerprint density at radius 2 is 2.05 bits per heavy atom. The molecule has 0 unspecified atom stereocenters. The molecular formula is C16H19NO4S. The molecule has 1 aromatic rings. The standard InChI is InChI=1S/C16H19NO4S/c1-4-10(3)21-12-7-6-11(8-13(12)20-5-2)9-14-15(18)17-16(19)22-14/h6-10H,4-5H2,1-3H3,(H,17,18,19)/b14-9-/t10-/m0/s1. The highest BCUT2D eigenvalue weighted by Gasteiger charge is 2.25. The monoisotopic (exact) mass is 321 g/mol. The van der Waals surface area contributed by atoms with Crippen molar-refractivity contribution in [3.8, 4) is 11.5 Å². The van der Waals surface area contributed by atoms with E-state index < -0.39 is 0 Å². The summed E-state index contributed by atoms with van der Waals surface area (Å²) in [7, 11) is 0. The molecule has 1 atom stereocenters. The molecule has 1 saturated heterocycles. The van der Waals surface area contributed by atoms with Crippen LogP contribution in [-0.2, 0) is 4.79 Å². The summed E-state index contributed by atoms with van der Waals surface area (Å²) < 4.78 is 11.4. The van der Waals surface area contributed by atoms with Crippen LogP contribution in [0, 0.1) is 0 Å². The number of ether oxygens (including phenoxy) is 2. The SMILES string of the molecule is CCOc1cc(/C=C2\SC(=O)NC2=O)ccc1O[C@@H](C)CC. The summed E-state index contributed by atoms with van der Waals surface area (Å²) in [6.07, 6.45) is 2.66. The average molecular weight is 321 g/mol. The fourth-order valence-corrected chi connectivity index (χ4v) is 2.53. The molecule has 0 aromatic heterocycles. The van der Waals surface area contributed by atoms with Crippen molar-refractivity contribution in [2.24, 2.45) is 0 Å². The highest BCUT2D eigenvalue weighted by atomic mass is 32.2. The molecule has 22 heavy (non-hydrogen) atoms. The maximum atomic E-state index is 11.6. The minimum atomic E-state index is -0.368. The van der Waals surface area contributed by atoms with Gasteiger partial charge >= 0.3 is 0 Å². The lowest BCUT2D eigenvalue weighted by Gasteiger charge is -2.16. The van der Waals surface area contributed by atoms with E-state index in [1.54, 1.807) is 6.08 Å². The number of hydrogen-bond acceptors (Lipinski definition) is 5. The van der Waals surface area contributed by atoms with Gasteiger partial charge in [-0.15, -0.1) is 0 Å². The first-order chi connectivity index (χ1) is 10.5. The zero-order valence-corrected chi connectivity index (χ0v) is 13.7. The van der Waals surface area contributed by atoms with Gasteiger partial charge in [0.25, 0.3) is 11.1 Å². The summed E-state index contributed by atoms with van der Waals surface area (Å²) in [5.41, 5.74) is 0.785. The van der Waals surface area contributed by atoms with E-state index >= 15 is 0 Å². The largest absolute Gasteiger partial charge is 0.490 e. The maximum Gasteiger partial charge on any atom is 0.290 e. The van der Waals surface area contributed by atoms with Gasteiger partial charge in [-0.25, -0.2) is 0 Å². The Hall–Kier alpha value is -1.95. The van der Waals surface area contributed by atoms with Crippen LogP contribution in [0.5, 0.6) is 11.5 Å². The molecule has 0 spiro atoms.